The number of rotatable bonds is 4. The van der Waals surface area contributed by atoms with Gasteiger partial charge in [-0.3, -0.25) is 9.59 Å². The number of hydrogen-bond acceptors (Lipinski definition) is 7. The molecule has 0 aromatic carbocycles. The van der Waals surface area contributed by atoms with Crippen LogP contribution in [0.3, 0.4) is 0 Å². The lowest BCUT2D eigenvalue weighted by Gasteiger charge is -2.35. The van der Waals surface area contributed by atoms with Gasteiger partial charge in [0.15, 0.2) is 11.5 Å². The second-order valence-corrected chi connectivity index (χ2v) is 6.87. The predicted molar refractivity (Wildman–Crippen MR) is 104 cm³/mol. The summed E-state index contributed by atoms with van der Waals surface area (Å²) >= 11 is 0. The van der Waals surface area contributed by atoms with Gasteiger partial charge in [-0.1, -0.05) is 6.07 Å². The average molecular weight is 381 g/mol. The molecule has 2 aliphatic rings. The Balaban J connectivity index is 1.33. The Morgan fingerprint density at radius 2 is 1.54 bits per heavy atom. The van der Waals surface area contributed by atoms with Gasteiger partial charge in [-0.2, -0.15) is 0 Å². The predicted octanol–water partition coefficient (Wildman–Crippen LogP) is 0.112. The van der Waals surface area contributed by atoms with Gasteiger partial charge in [0.05, 0.1) is 0 Å². The van der Waals surface area contributed by atoms with Gasteiger partial charge < -0.3 is 19.6 Å². The summed E-state index contributed by atoms with van der Waals surface area (Å²) < 4.78 is 0. The van der Waals surface area contributed by atoms with Crippen molar-refractivity contribution < 1.29 is 9.59 Å². The van der Waals surface area contributed by atoms with Crippen molar-refractivity contribution in [2.75, 3.05) is 62.2 Å². The van der Waals surface area contributed by atoms with Crippen LogP contribution in [0.1, 0.15) is 10.5 Å². The van der Waals surface area contributed by atoms with E-state index in [0.717, 1.165) is 44.2 Å². The molecule has 0 radical (unpaired) electrons. The van der Waals surface area contributed by atoms with Crippen LogP contribution in [0.5, 0.6) is 0 Å². The van der Waals surface area contributed by atoms with E-state index >= 15 is 0 Å². The first-order chi connectivity index (χ1) is 13.7. The zero-order valence-electron chi connectivity index (χ0n) is 15.6. The second kappa shape index (κ2) is 8.20. The molecule has 0 saturated carbocycles. The van der Waals surface area contributed by atoms with Crippen molar-refractivity contribution in [1.82, 2.24) is 25.0 Å². The summed E-state index contributed by atoms with van der Waals surface area (Å²) in [4.78, 5) is 35.7. The minimum absolute atomic E-state index is 0.0921. The first-order valence-electron chi connectivity index (χ1n) is 9.48. The molecule has 2 saturated heterocycles. The number of piperazine rings is 2. The maximum absolute atomic E-state index is 12.7. The smallest absolute Gasteiger partial charge is 0.274 e. The van der Waals surface area contributed by atoms with Crippen molar-refractivity contribution >= 4 is 24.0 Å². The first kappa shape index (κ1) is 18.1. The lowest BCUT2D eigenvalue weighted by atomic mass is 10.2. The molecule has 0 N–H and O–H groups in total. The van der Waals surface area contributed by atoms with Crippen molar-refractivity contribution in [2.45, 2.75) is 0 Å². The molecule has 0 atom stereocenters. The van der Waals surface area contributed by atoms with Gasteiger partial charge in [0.2, 0.25) is 6.41 Å². The zero-order chi connectivity index (χ0) is 19.3. The highest BCUT2D eigenvalue weighted by atomic mass is 16.2. The Morgan fingerprint density at radius 3 is 2.14 bits per heavy atom. The van der Waals surface area contributed by atoms with E-state index < -0.39 is 0 Å². The Kier molecular flexibility index (Phi) is 5.31. The standard InChI is InChI=1S/C19H23N7O2/c27-15-23-7-9-25(10-8-23)18-5-4-16(21-22-18)19(28)26-13-11-24(12-14-26)17-3-1-2-6-20-17/h1-6,15H,7-14H2. The summed E-state index contributed by atoms with van der Waals surface area (Å²) in [6.45, 7) is 5.54. The van der Waals surface area contributed by atoms with E-state index in [1.165, 1.54) is 0 Å². The molecule has 2 aromatic heterocycles. The molecular weight excluding hydrogens is 358 g/mol. The maximum Gasteiger partial charge on any atom is 0.274 e. The number of amides is 2. The number of anilines is 2. The summed E-state index contributed by atoms with van der Waals surface area (Å²) in [6.07, 6.45) is 2.65. The SMILES string of the molecule is O=CN1CCN(c2ccc(C(=O)N3CCN(c4ccccn4)CC3)nn2)CC1. The van der Waals surface area contributed by atoms with E-state index in [9.17, 15) is 9.59 Å². The molecule has 4 heterocycles. The molecule has 2 amide bonds. The van der Waals surface area contributed by atoms with Gasteiger partial charge in [-0.25, -0.2) is 4.98 Å². The molecule has 28 heavy (non-hydrogen) atoms. The van der Waals surface area contributed by atoms with Crippen LogP contribution in [0.4, 0.5) is 11.6 Å². The topological polar surface area (TPSA) is 85.8 Å². The fourth-order valence-electron chi connectivity index (χ4n) is 3.51. The van der Waals surface area contributed by atoms with E-state index in [4.69, 9.17) is 0 Å². The summed E-state index contributed by atoms with van der Waals surface area (Å²) in [5, 5.41) is 8.39. The highest BCUT2D eigenvalue weighted by molar-refractivity contribution is 5.92. The third-order valence-electron chi connectivity index (χ3n) is 5.20. The third-order valence-corrected chi connectivity index (χ3v) is 5.20. The first-order valence-corrected chi connectivity index (χ1v) is 9.48. The van der Waals surface area contributed by atoms with E-state index in [-0.39, 0.29) is 5.91 Å². The van der Waals surface area contributed by atoms with Crippen LogP contribution in [0, 0.1) is 0 Å². The second-order valence-electron chi connectivity index (χ2n) is 6.87. The summed E-state index contributed by atoms with van der Waals surface area (Å²) in [7, 11) is 0. The Bertz CT molecular complexity index is 799. The minimum Gasteiger partial charge on any atom is -0.353 e. The number of pyridine rings is 1. The molecule has 4 rings (SSSR count). The highest BCUT2D eigenvalue weighted by Gasteiger charge is 2.24. The molecule has 0 unspecified atom stereocenters. The normalized spacial score (nSPS) is 17.6. The van der Waals surface area contributed by atoms with Gasteiger partial charge in [0.1, 0.15) is 5.82 Å². The number of hydrogen-bond donors (Lipinski definition) is 0. The van der Waals surface area contributed by atoms with Gasteiger partial charge in [-0.05, 0) is 24.3 Å². The van der Waals surface area contributed by atoms with Crippen molar-refractivity contribution in [3.63, 3.8) is 0 Å². The molecular formula is C19H23N7O2. The van der Waals surface area contributed by atoms with E-state index in [0.29, 0.717) is 31.9 Å². The Labute approximate surface area is 163 Å². The zero-order valence-corrected chi connectivity index (χ0v) is 15.6. The maximum atomic E-state index is 12.7. The van der Waals surface area contributed by atoms with Crippen LogP contribution < -0.4 is 9.80 Å². The van der Waals surface area contributed by atoms with Gasteiger partial charge >= 0.3 is 0 Å². The number of nitrogens with zero attached hydrogens (tertiary/aromatic N) is 7. The van der Waals surface area contributed by atoms with Crippen molar-refractivity contribution in [3.05, 3.63) is 42.2 Å². The molecule has 9 heteroatoms. The van der Waals surface area contributed by atoms with E-state index in [1.54, 1.807) is 17.2 Å². The molecule has 2 aromatic rings. The Hall–Kier alpha value is -3.23. The molecule has 0 aliphatic carbocycles. The fraction of sp³-hybridized carbons (Fsp3) is 0.421. The van der Waals surface area contributed by atoms with Gasteiger partial charge in [-0.15, -0.1) is 10.2 Å². The largest absolute Gasteiger partial charge is 0.353 e. The molecule has 2 fully saturated rings. The molecule has 0 spiro atoms. The lowest BCUT2D eigenvalue weighted by Crippen LogP contribution is -2.49. The van der Waals surface area contributed by atoms with Crippen LogP contribution in [0.2, 0.25) is 0 Å². The van der Waals surface area contributed by atoms with E-state index in [2.05, 4.69) is 25.0 Å². The van der Waals surface area contributed by atoms with Crippen molar-refractivity contribution in [3.8, 4) is 0 Å². The number of carbonyl (C=O) groups excluding carboxylic acids is 2. The summed E-state index contributed by atoms with van der Waals surface area (Å²) in [5.74, 6) is 1.58. The molecule has 9 nitrogen and oxygen atoms in total. The van der Waals surface area contributed by atoms with Crippen LogP contribution in [-0.4, -0.2) is 89.7 Å². The molecule has 0 bridgehead atoms. The monoisotopic (exact) mass is 381 g/mol. The molecule has 146 valence electrons. The number of carbonyl (C=O) groups is 2. The van der Waals surface area contributed by atoms with Crippen LogP contribution in [0.25, 0.3) is 0 Å². The average Bonchev–Trinajstić information content (AvgIpc) is 2.79. The van der Waals surface area contributed by atoms with E-state index in [1.807, 2.05) is 29.2 Å². The highest BCUT2D eigenvalue weighted by Crippen LogP contribution is 2.16. The van der Waals surface area contributed by atoms with Crippen LogP contribution in [0.15, 0.2) is 36.5 Å². The fourth-order valence-corrected chi connectivity index (χ4v) is 3.51. The molecule has 2 aliphatic heterocycles. The van der Waals surface area contributed by atoms with Gasteiger partial charge in [0.25, 0.3) is 5.91 Å². The quantitative estimate of drug-likeness (QED) is 0.695. The van der Waals surface area contributed by atoms with Crippen LogP contribution in [-0.2, 0) is 4.79 Å². The van der Waals surface area contributed by atoms with Crippen molar-refractivity contribution in [2.24, 2.45) is 0 Å². The van der Waals surface area contributed by atoms with Crippen LogP contribution >= 0.6 is 0 Å². The van der Waals surface area contributed by atoms with Crippen molar-refractivity contribution in [1.29, 1.82) is 0 Å². The lowest BCUT2D eigenvalue weighted by molar-refractivity contribution is -0.118. The summed E-state index contributed by atoms with van der Waals surface area (Å²) in [6, 6.07) is 9.42. The third kappa shape index (κ3) is 3.88. The minimum atomic E-state index is -0.0921. The summed E-state index contributed by atoms with van der Waals surface area (Å²) in [5.41, 5.74) is 0.363. The number of aromatic nitrogens is 3. The Morgan fingerprint density at radius 1 is 0.821 bits per heavy atom. The van der Waals surface area contributed by atoms with Gasteiger partial charge in [0, 0.05) is 58.6 Å².